The monoisotopic (exact) mass is 283 g/mol. The van der Waals surface area contributed by atoms with Gasteiger partial charge in [-0.05, 0) is 11.5 Å². The first kappa shape index (κ1) is 15.2. The van der Waals surface area contributed by atoms with Gasteiger partial charge in [0.2, 0.25) is 5.91 Å². The molecule has 0 spiro atoms. The summed E-state index contributed by atoms with van der Waals surface area (Å²) in [5.41, 5.74) is 1.95. The maximum absolute atomic E-state index is 12.4. The van der Waals surface area contributed by atoms with Crippen LogP contribution < -0.4 is 5.32 Å². The van der Waals surface area contributed by atoms with Gasteiger partial charge in [-0.15, -0.1) is 0 Å². The number of hydrogen-bond acceptors (Lipinski definition) is 3. The molecule has 1 aromatic carbocycles. The number of carbonyl (C=O) groups is 1. The molecule has 4 nitrogen and oxygen atoms in total. The molecule has 1 N–H and O–H groups in total. The van der Waals surface area contributed by atoms with E-state index in [1.807, 2.05) is 30.3 Å². The normalized spacial score (nSPS) is 12.1. The molecule has 1 atom stereocenters. The Bertz CT molecular complexity index is 555. The average Bonchev–Trinajstić information content (AvgIpc) is 2.49. The van der Waals surface area contributed by atoms with Crippen LogP contribution in [0.3, 0.4) is 0 Å². The van der Waals surface area contributed by atoms with Crippen LogP contribution in [0.1, 0.15) is 31.0 Å². The first-order chi connectivity index (χ1) is 10.2. The first-order valence-corrected chi connectivity index (χ1v) is 7.26. The van der Waals surface area contributed by atoms with Gasteiger partial charge in [0.15, 0.2) is 0 Å². The lowest BCUT2D eigenvalue weighted by atomic mass is 9.87. The third-order valence-corrected chi connectivity index (χ3v) is 3.40. The zero-order valence-electron chi connectivity index (χ0n) is 12.5. The van der Waals surface area contributed by atoms with E-state index in [4.69, 9.17) is 0 Å². The highest BCUT2D eigenvalue weighted by atomic mass is 16.1. The van der Waals surface area contributed by atoms with E-state index in [9.17, 15) is 4.79 Å². The van der Waals surface area contributed by atoms with Crippen molar-refractivity contribution in [2.45, 2.75) is 26.2 Å². The smallest absolute Gasteiger partial charge is 0.227 e. The van der Waals surface area contributed by atoms with E-state index in [0.29, 0.717) is 13.0 Å². The molecule has 21 heavy (non-hydrogen) atoms. The number of amides is 1. The number of rotatable bonds is 6. The lowest BCUT2D eigenvalue weighted by Gasteiger charge is -2.20. The van der Waals surface area contributed by atoms with Crippen LogP contribution in [-0.2, 0) is 11.2 Å². The summed E-state index contributed by atoms with van der Waals surface area (Å²) >= 11 is 0. The zero-order valence-corrected chi connectivity index (χ0v) is 12.5. The number of carbonyl (C=O) groups excluding carboxylic acids is 1. The molecule has 110 valence electrons. The molecule has 0 aliphatic carbocycles. The summed E-state index contributed by atoms with van der Waals surface area (Å²) in [5, 5.41) is 3.00. The van der Waals surface area contributed by atoms with E-state index in [-0.39, 0.29) is 17.7 Å². The molecule has 0 unspecified atom stereocenters. The third kappa shape index (κ3) is 4.38. The molecule has 0 aliphatic heterocycles. The van der Waals surface area contributed by atoms with Gasteiger partial charge in [0.25, 0.3) is 0 Å². The van der Waals surface area contributed by atoms with Crippen molar-refractivity contribution < 1.29 is 4.79 Å². The van der Waals surface area contributed by atoms with Gasteiger partial charge in [0, 0.05) is 31.6 Å². The molecule has 1 amide bonds. The third-order valence-electron chi connectivity index (χ3n) is 3.40. The molecule has 0 saturated heterocycles. The molecule has 2 rings (SSSR count). The Labute approximate surface area is 125 Å². The second-order valence-electron chi connectivity index (χ2n) is 5.37. The predicted octanol–water partition coefficient (Wildman–Crippen LogP) is 2.58. The topological polar surface area (TPSA) is 54.9 Å². The minimum absolute atomic E-state index is 0.0695. The van der Waals surface area contributed by atoms with Gasteiger partial charge in [0.1, 0.15) is 0 Å². The highest BCUT2D eigenvalue weighted by Gasteiger charge is 2.23. The molecule has 2 aromatic rings. The molecule has 0 radical (unpaired) electrons. The molecule has 1 aromatic heterocycles. The van der Waals surface area contributed by atoms with Crippen molar-refractivity contribution >= 4 is 5.91 Å². The molecular weight excluding hydrogens is 262 g/mol. The molecule has 0 fully saturated rings. The first-order valence-electron chi connectivity index (χ1n) is 7.26. The van der Waals surface area contributed by atoms with Crippen LogP contribution in [0, 0.1) is 5.92 Å². The summed E-state index contributed by atoms with van der Waals surface area (Å²) in [6.45, 7) is 4.72. The second kappa shape index (κ2) is 7.53. The molecule has 1 heterocycles. The van der Waals surface area contributed by atoms with Gasteiger partial charge in [-0.25, -0.2) is 0 Å². The minimum atomic E-state index is -0.118. The van der Waals surface area contributed by atoms with Crippen molar-refractivity contribution in [3.05, 3.63) is 60.2 Å². The number of hydrogen-bond donors (Lipinski definition) is 1. The molecular formula is C17H21N3O. The fourth-order valence-electron chi connectivity index (χ4n) is 2.38. The Hall–Kier alpha value is -2.23. The Morgan fingerprint density at radius 3 is 2.57 bits per heavy atom. The standard InChI is InChI=1S/C17H21N3O/c1-13(2)16(14-6-4-3-5-7-14)17(21)20-9-8-15-12-18-10-11-19-15/h3-7,10-13,16H,8-9H2,1-2H3,(H,20,21)/t16-/m1/s1. The highest BCUT2D eigenvalue weighted by molar-refractivity contribution is 5.83. The minimum Gasteiger partial charge on any atom is -0.355 e. The maximum Gasteiger partial charge on any atom is 0.227 e. The average molecular weight is 283 g/mol. The van der Waals surface area contributed by atoms with E-state index >= 15 is 0 Å². The van der Waals surface area contributed by atoms with E-state index in [1.165, 1.54) is 0 Å². The van der Waals surface area contributed by atoms with Crippen LogP contribution in [0.25, 0.3) is 0 Å². The number of nitrogens with zero attached hydrogens (tertiary/aromatic N) is 2. The summed E-state index contributed by atoms with van der Waals surface area (Å²) in [6, 6.07) is 9.92. The number of benzene rings is 1. The van der Waals surface area contributed by atoms with E-state index in [0.717, 1.165) is 11.3 Å². The summed E-state index contributed by atoms with van der Waals surface area (Å²) in [6.07, 6.45) is 5.73. The van der Waals surface area contributed by atoms with Crippen LogP contribution in [0.5, 0.6) is 0 Å². The van der Waals surface area contributed by atoms with E-state index in [2.05, 4.69) is 29.1 Å². The zero-order chi connectivity index (χ0) is 15.1. The van der Waals surface area contributed by atoms with Crippen LogP contribution in [-0.4, -0.2) is 22.4 Å². The second-order valence-corrected chi connectivity index (χ2v) is 5.37. The van der Waals surface area contributed by atoms with Crippen LogP contribution in [0.4, 0.5) is 0 Å². The van der Waals surface area contributed by atoms with Gasteiger partial charge < -0.3 is 5.32 Å². The van der Waals surface area contributed by atoms with Crippen LogP contribution >= 0.6 is 0 Å². The Morgan fingerprint density at radius 2 is 1.95 bits per heavy atom. The van der Waals surface area contributed by atoms with Gasteiger partial charge in [0.05, 0.1) is 11.6 Å². The van der Waals surface area contributed by atoms with E-state index < -0.39 is 0 Å². The Balaban J connectivity index is 1.94. The Kier molecular flexibility index (Phi) is 5.43. The van der Waals surface area contributed by atoms with Gasteiger partial charge in [-0.3, -0.25) is 14.8 Å². The van der Waals surface area contributed by atoms with Crippen molar-refractivity contribution in [1.82, 2.24) is 15.3 Å². The number of aromatic nitrogens is 2. The summed E-state index contributed by atoms with van der Waals surface area (Å²) in [4.78, 5) is 20.6. The fourth-order valence-corrected chi connectivity index (χ4v) is 2.38. The summed E-state index contributed by atoms with van der Waals surface area (Å²) in [7, 11) is 0. The van der Waals surface area contributed by atoms with Crippen LogP contribution in [0.15, 0.2) is 48.9 Å². The molecule has 0 saturated carbocycles. The van der Waals surface area contributed by atoms with Gasteiger partial charge in [-0.1, -0.05) is 44.2 Å². The van der Waals surface area contributed by atoms with Crippen molar-refractivity contribution in [2.24, 2.45) is 5.92 Å². The molecule has 4 heteroatoms. The quantitative estimate of drug-likeness (QED) is 0.886. The van der Waals surface area contributed by atoms with E-state index in [1.54, 1.807) is 18.6 Å². The summed E-state index contributed by atoms with van der Waals surface area (Å²) in [5.74, 6) is 0.206. The lowest BCUT2D eigenvalue weighted by Crippen LogP contribution is -2.33. The predicted molar refractivity (Wildman–Crippen MR) is 82.8 cm³/mol. The molecule has 0 bridgehead atoms. The summed E-state index contributed by atoms with van der Waals surface area (Å²) < 4.78 is 0. The highest BCUT2D eigenvalue weighted by Crippen LogP contribution is 2.24. The Morgan fingerprint density at radius 1 is 1.19 bits per heavy atom. The fraction of sp³-hybridized carbons (Fsp3) is 0.353. The van der Waals surface area contributed by atoms with Crippen molar-refractivity contribution in [2.75, 3.05) is 6.54 Å². The number of nitrogens with one attached hydrogen (secondary N) is 1. The van der Waals surface area contributed by atoms with Crippen molar-refractivity contribution in [3.8, 4) is 0 Å². The molecule has 0 aliphatic rings. The van der Waals surface area contributed by atoms with Crippen LogP contribution in [0.2, 0.25) is 0 Å². The van der Waals surface area contributed by atoms with Crippen molar-refractivity contribution in [1.29, 1.82) is 0 Å². The van der Waals surface area contributed by atoms with Gasteiger partial charge >= 0.3 is 0 Å². The largest absolute Gasteiger partial charge is 0.355 e. The lowest BCUT2D eigenvalue weighted by molar-refractivity contribution is -0.123. The van der Waals surface area contributed by atoms with Gasteiger partial charge in [-0.2, -0.15) is 0 Å². The maximum atomic E-state index is 12.4. The SMILES string of the molecule is CC(C)[C@@H](C(=O)NCCc1cnccn1)c1ccccc1. The van der Waals surface area contributed by atoms with Crippen molar-refractivity contribution in [3.63, 3.8) is 0 Å².